The third-order valence-electron chi connectivity index (χ3n) is 3.56. The number of nitrogens with one attached hydrogen (secondary N) is 1. The molecule has 0 bridgehead atoms. The van der Waals surface area contributed by atoms with Gasteiger partial charge in [0, 0.05) is 6.04 Å². The molecule has 2 unspecified atom stereocenters. The van der Waals surface area contributed by atoms with Crippen molar-refractivity contribution in [1.82, 2.24) is 5.32 Å². The van der Waals surface area contributed by atoms with E-state index in [1.165, 1.54) is 17.5 Å². The number of methoxy groups -OCH3 is 1. The monoisotopic (exact) mass is 233 g/mol. The molecule has 94 valence electrons. The van der Waals surface area contributed by atoms with Crippen LogP contribution in [0.3, 0.4) is 0 Å². The van der Waals surface area contributed by atoms with E-state index in [1.807, 2.05) is 0 Å². The number of rotatable bonds is 5. The van der Waals surface area contributed by atoms with Crippen molar-refractivity contribution in [3.8, 4) is 5.75 Å². The SMILES string of the molecule is COc1ccc(C2CC2CNC(C)C)cc1C. The van der Waals surface area contributed by atoms with Gasteiger partial charge in [-0.1, -0.05) is 26.0 Å². The lowest BCUT2D eigenvalue weighted by Gasteiger charge is -2.09. The smallest absolute Gasteiger partial charge is 0.121 e. The molecule has 0 spiro atoms. The summed E-state index contributed by atoms with van der Waals surface area (Å²) in [6.45, 7) is 7.67. The molecule has 0 aromatic heterocycles. The summed E-state index contributed by atoms with van der Waals surface area (Å²) in [5, 5.41) is 3.52. The molecule has 1 aliphatic carbocycles. The van der Waals surface area contributed by atoms with Gasteiger partial charge in [-0.25, -0.2) is 0 Å². The van der Waals surface area contributed by atoms with E-state index in [9.17, 15) is 0 Å². The molecule has 0 radical (unpaired) electrons. The Morgan fingerprint density at radius 1 is 1.41 bits per heavy atom. The summed E-state index contributed by atoms with van der Waals surface area (Å²) in [5.74, 6) is 2.57. The topological polar surface area (TPSA) is 21.3 Å². The summed E-state index contributed by atoms with van der Waals surface area (Å²) in [6, 6.07) is 7.18. The van der Waals surface area contributed by atoms with Gasteiger partial charge in [0.25, 0.3) is 0 Å². The molecule has 1 fully saturated rings. The van der Waals surface area contributed by atoms with E-state index in [0.717, 1.165) is 24.1 Å². The Bertz CT molecular complexity index is 387. The highest BCUT2D eigenvalue weighted by atomic mass is 16.5. The van der Waals surface area contributed by atoms with Crippen LogP contribution >= 0.6 is 0 Å². The molecule has 1 aromatic rings. The molecule has 0 aliphatic heterocycles. The van der Waals surface area contributed by atoms with Crippen LogP contribution in [0, 0.1) is 12.8 Å². The van der Waals surface area contributed by atoms with Gasteiger partial charge in [0.15, 0.2) is 0 Å². The van der Waals surface area contributed by atoms with Crippen LogP contribution in [0.15, 0.2) is 18.2 Å². The molecule has 1 aromatic carbocycles. The summed E-state index contributed by atoms with van der Waals surface area (Å²) >= 11 is 0. The van der Waals surface area contributed by atoms with Crippen molar-refractivity contribution in [2.45, 2.75) is 39.2 Å². The largest absolute Gasteiger partial charge is 0.496 e. The first kappa shape index (κ1) is 12.4. The van der Waals surface area contributed by atoms with Crippen LogP contribution in [-0.2, 0) is 0 Å². The van der Waals surface area contributed by atoms with Crippen LogP contribution in [0.5, 0.6) is 5.75 Å². The Labute approximate surface area is 104 Å². The van der Waals surface area contributed by atoms with Crippen LogP contribution in [0.2, 0.25) is 0 Å². The minimum Gasteiger partial charge on any atom is -0.496 e. The molecule has 1 aliphatic rings. The van der Waals surface area contributed by atoms with Gasteiger partial charge in [-0.15, -0.1) is 0 Å². The summed E-state index contributed by atoms with van der Waals surface area (Å²) in [7, 11) is 1.73. The molecule has 2 heteroatoms. The Morgan fingerprint density at radius 3 is 2.76 bits per heavy atom. The second kappa shape index (κ2) is 5.09. The molecule has 2 rings (SSSR count). The van der Waals surface area contributed by atoms with Crippen molar-refractivity contribution >= 4 is 0 Å². The van der Waals surface area contributed by atoms with Crippen LogP contribution in [0.4, 0.5) is 0 Å². The number of hydrogen-bond acceptors (Lipinski definition) is 2. The first-order valence-corrected chi connectivity index (χ1v) is 6.49. The van der Waals surface area contributed by atoms with Gasteiger partial charge in [-0.2, -0.15) is 0 Å². The molecule has 0 amide bonds. The van der Waals surface area contributed by atoms with Crippen molar-refractivity contribution in [2.24, 2.45) is 5.92 Å². The normalized spacial score (nSPS) is 22.9. The molecule has 0 saturated heterocycles. The van der Waals surface area contributed by atoms with Gasteiger partial charge in [0.2, 0.25) is 0 Å². The molecule has 17 heavy (non-hydrogen) atoms. The summed E-state index contributed by atoms with van der Waals surface area (Å²) in [5.41, 5.74) is 2.71. The van der Waals surface area contributed by atoms with Crippen molar-refractivity contribution in [3.63, 3.8) is 0 Å². The second-order valence-corrected chi connectivity index (χ2v) is 5.39. The maximum Gasteiger partial charge on any atom is 0.121 e. The van der Waals surface area contributed by atoms with Gasteiger partial charge in [0.05, 0.1) is 7.11 Å². The highest BCUT2D eigenvalue weighted by molar-refractivity contribution is 5.39. The zero-order chi connectivity index (χ0) is 12.4. The minimum atomic E-state index is 0.592. The summed E-state index contributed by atoms with van der Waals surface area (Å²) in [6.07, 6.45) is 1.32. The molecule has 0 heterocycles. The quantitative estimate of drug-likeness (QED) is 0.843. The summed E-state index contributed by atoms with van der Waals surface area (Å²) < 4.78 is 5.29. The Balaban J connectivity index is 1.94. The fraction of sp³-hybridized carbons (Fsp3) is 0.600. The van der Waals surface area contributed by atoms with Crippen LogP contribution in [-0.4, -0.2) is 19.7 Å². The average Bonchev–Trinajstić information content (AvgIpc) is 3.05. The van der Waals surface area contributed by atoms with Crippen molar-refractivity contribution in [3.05, 3.63) is 29.3 Å². The lowest BCUT2D eigenvalue weighted by molar-refractivity contribution is 0.411. The van der Waals surface area contributed by atoms with Crippen LogP contribution in [0.25, 0.3) is 0 Å². The zero-order valence-electron chi connectivity index (χ0n) is 11.3. The molecular formula is C15H23NO. The van der Waals surface area contributed by atoms with Crippen LogP contribution in [0.1, 0.15) is 37.3 Å². The van der Waals surface area contributed by atoms with E-state index < -0.39 is 0 Å². The standard InChI is InChI=1S/C15H23NO/c1-10(2)16-9-13-8-14(13)12-5-6-15(17-4)11(3)7-12/h5-7,10,13-14,16H,8-9H2,1-4H3. The van der Waals surface area contributed by atoms with Gasteiger partial charge >= 0.3 is 0 Å². The van der Waals surface area contributed by atoms with Gasteiger partial charge < -0.3 is 10.1 Å². The van der Waals surface area contributed by atoms with E-state index in [1.54, 1.807) is 7.11 Å². The van der Waals surface area contributed by atoms with E-state index in [4.69, 9.17) is 4.74 Å². The van der Waals surface area contributed by atoms with E-state index in [-0.39, 0.29) is 0 Å². The number of benzene rings is 1. The Kier molecular flexibility index (Phi) is 3.72. The third-order valence-corrected chi connectivity index (χ3v) is 3.56. The molecular weight excluding hydrogens is 210 g/mol. The van der Waals surface area contributed by atoms with Crippen molar-refractivity contribution in [1.29, 1.82) is 0 Å². The maximum atomic E-state index is 5.29. The lowest BCUT2D eigenvalue weighted by Crippen LogP contribution is -2.25. The number of ether oxygens (including phenoxy) is 1. The maximum absolute atomic E-state index is 5.29. The first-order chi connectivity index (χ1) is 8.11. The number of hydrogen-bond donors (Lipinski definition) is 1. The van der Waals surface area contributed by atoms with E-state index in [0.29, 0.717) is 6.04 Å². The van der Waals surface area contributed by atoms with Crippen molar-refractivity contribution in [2.75, 3.05) is 13.7 Å². The van der Waals surface area contributed by atoms with E-state index >= 15 is 0 Å². The second-order valence-electron chi connectivity index (χ2n) is 5.39. The fourth-order valence-corrected chi connectivity index (χ4v) is 2.40. The Hall–Kier alpha value is -1.02. The molecule has 2 nitrogen and oxygen atoms in total. The predicted molar refractivity (Wildman–Crippen MR) is 71.7 cm³/mol. The highest BCUT2D eigenvalue weighted by Gasteiger charge is 2.37. The summed E-state index contributed by atoms with van der Waals surface area (Å²) in [4.78, 5) is 0. The molecule has 1 N–H and O–H groups in total. The van der Waals surface area contributed by atoms with E-state index in [2.05, 4.69) is 44.3 Å². The predicted octanol–water partition coefficient (Wildman–Crippen LogP) is 3.11. The lowest BCUT2D eigenvalue weighted by atomic mass is 10.1. The van der Waals surface area contributed by atoms with Crippen LogP contribution < -0.4 is 10.1 Å². The fourth-order valence-electron chi connectivity index (χ4n) is 2.40. The molecule has 1 saturated carbocycles. The third kappa shape index (κ3) is 3.01. The zero-order valence-corrected chi connectivity index (χ0v) is 11.3. The van der Waals surface area contributed by atoms with Gasteiger partial charge in [0.1, 0.15) is 5.75 Å². The minimum absolute atomic E-state index is 0.592. The van der Waals surface area contributed by atoms with Gasteiger partial charge in [-0.3, -0.25) is 0 Å². The number of aryl methyl sites for hydroxylation is 1. The first-order valence-electron chi connectivity index (χ1n) is 6.49. The molecule has 2 atom stereocenters. The highest BCUT2D eigenvalue weighted by Crippen LogP contribution is 2.47. The Morgan fingerprint density at radius 2 is 2.18 bits per heavy atom. The average molecular weight is 233 g/mol. The van der Waals surface area contributed by atoms with Gasteiger partial charge in [-0.05, 0) is 48.9 Å². The van der Waals surface area contributed by atoms with Crippen molar-refractivity contribution < 1.29 is 4.74 Å².